The van der Waals surface area contributed by atoms with Crippen molar-refractivity contribution in [2.75, 3.05) is 5.32 Å². The molecule has 1 saturated carbocycles. The lowest BCUT2D eigenvalue weighted by Gasteiger charge is -2.11. The Bertz CT molecular complexity index is 1340. The van der Waals surface area contributed by atoms with Crippen molar-refractivity contribution < 1.29 is 18.0 Å². The van der Waals surface area contributed by atoms with Crippen molar-refractivity contribution in [1.82, 2.24) is 19.7 Å². The van der Waals surface area contributed by atoms with E-state index in [1.165, 1.54) is 22.9 Å². The van der Waals surface area contributed by atoms with E-state index in [9.17, 15) is 18.0 Å². The minimum atomic E-state index is -4.52. The third kappa shape index (κ3) is 3.76. The fourth-order valence-electron chi connectivity index (χ4n) is 3.68. The lowest BCUT2D eigenvalue weighted by atomic mass is 10.1. The van der Waals surface area contributed by atoms with Crippen molar-refractivity contribution in [2.45, 2.75) is 45.3 Å². The molecule has 0 atom stereocenters. The van der Waals surface area contributed by atoms with E-state index in [1.54, 1.807) is 0 Å². The van der Waals surface area contributed by atoms with Crippen LogP contribution in [0.25, 0.3) is 21.3 Å². The number of aromatic nitrogens is 4. The van der Waals surface area contributed by atoms with Gasteiger partial charge < -0.3 is 5.32 Å². The highest BCUT2D eigenvalue weighted by atomic mass is 32.1. The zero-order valence-electron chi connectivity index (χ0n) is 16.7. The third-order valence-electron chi connectivity index (χ3n) is 5.28. The Hall–Kier alpha value is -3.01. The number of aryl methyl sites for hydroxylation is 2. The second-order valence-electron chi connectivity index (χ2n) is 7.85. The SMILES string of the molecule is Cc1ccc2nc(NC(=O)Cn3nc(C)c4c(C(F)(F)F)cc(C5CC5)nc43)sc2c1. The van der Waals surface area contributed by atoms with Crippen molar-refractivity contribution >= 4 is 43.6 Å². The minimum absolute atomic E-state index is 0.0363. The average molecular weight is 445 g/mol. The summed E-state index contributed by atoms with van der Waals surface area (Å²) in [5.74, 6) is -0.387. The van der Waals surface area contributed by atoms with Gasteiger partial charge in [0.15, 0.2) is 10.8 Å². The lowest BCUT2D eigenvalue weighted by Crippen LogP contribution is -2.20. The molecule has 0 saturated heterocycles. The summed E-state index contributed by atoms with van der Waals surface area (Å²) in [6.07, 6.45) is -2.88. The van der Waals surface area contributed by atoms with Crippen LogP contribution in [-0.4, -0.2) is 25.7 Å². The van der Waals surface area contributed by atoms with Crippen LogP contribution < -0.4 is 5.32 Å². The molecule has 3 aromatic heterocycles. The Kier molecular flexibility index (Phi) is 4.51. The molecule has 1 aliphatic rings. The molecule has 5 rings (SSSR count). The number of fused-ring (bicyclic) bond motifs is 2. The molecule has 1 N–H and O–H groups in total. The third-order valence-corrected chi connectivity index (χ3v) is 6.22. The molecule has 0 spiro atoms. The standard InChI is InChI=1S/C21H18F3N5OS/c1-10-3-6-14-16(7-10)31-20(26-14)27-17(30)9-29-19-18(11(2)28-29)13(21(22,23)24)8-15(25-19)12-4-5-12/h3,6-8,12H,4-5,9H2,1-2H3,(H,26,27,30). The molecule has 6 nitrogen and oxygen atoms in total. The smallest absolute Gasteiger partial charge is 0.300 e. The maximum atomic E-state index is 13.7. The van der Waals surface area contributed by atoms with Crippen LogP contribution >= 0.6 is 11.3 Å². The lowest BCUT2D eigenvalue weighted by molar-refractivity contribution is -0.136. The Labute approximate surface area is 179 Å². The van der Waals surface area contributed by atoms with Gasteiger partial charge >= 0.3 is 6.18 Å². The predicted molar refractivity (Wildman–Crippen MR) is 112 cm³/mol. The number of carbonyl (C=O) groups is 1. The van der Waals surface area contributed by atoms with Crippen molar-refractivity contribution in [3.8, 4) is 0 Å². The molecule has 0 aliphatic heterocycles. The molecule has 0 bridgehead atoms. The van der Waals surface area contributed by atoms with E-state index in [0.717, 1.165) is 34.7 Å². The quantitative estimate of drug-likeness (QED) is 0.469. The number of nitrogens with one attached hydrogen (secondary N) is 1. The van der Waals surface area contributed by atoms with Crippen molar-refractivity contribution in [3.63, 3.8) is 0 Å². The number of nitrogens with zero attached hydrogens (tertiary/aromatic N) is 4. The maximum Gasteiger partial charge on any atom is 0.417 e. The first-order valence-corrected chi connectivity index (χ1v) is 10.6. The number of anilines is 1. The summed E-state index contributed by atoms with van der Waals surface area (Å²) in [5, 5.41) is 7.30. The highest BCUT2D eigenvalue weighted by Gasteiger charge is 2.37. The van der Waals surface area contributed by atoms with Gasteiger partial charge in [0.2, 0.25) is 5.91 Å². The molecule has 0 radical (unpaired) electrons. The van der Waals surface area contributed by atoms with Crippen molar-refractivity contribution in [2.24, 2.45) is 0 Å². The highest BCUT2D eigenvalue weighted by Crippen LogP contribution is 2.43. The van der Waals surface area contributed by atoms with Crippen LogP contribution in [0.15, 0.2) is 24.3 Å². The Morgan fingerprint density at radius 3 is 2.71 bits per heavy atom. The van der Waals surface area contributed by atoms with Gasteiger partial charge in [0.1, 0.15) is 6.54 Å². The summed E-state index contributed by atoms with van der Waals surface area (Å²) in [4.78, 5) is 21.5. The number of amides is 1. The van der Waals surface area contributed by atoms with Gasteiger partial charge in [-0.2, -0.15) is 18.3 Å². The van der Waals surface area contributed by atoms with Gasteiger partial charge in [-0.05, 0) is 50.5 Å². The number of hydrogen-bond acceptors (Lipinski definition) is 5. The van der Waals surface area contributed by atoms with Gasteiger partial charge in [-0.1, -0.05) is 17.4 Å². The van der Waals surface area contributed by atoms with Crippen LogP contribution in [0.2, 0.25) is 0 Å². The Balaban J connectivity index is 1.48. The van der Waals surface area contributed by atoms with Crippen LogP contribution in [0.5, 0.6) is 0 Å². The van der Waals surface area contributed by atoms with Crippen LogP contribution in [0.4, 0.5) is 18.3 Å². The summed E-state index contributed by atoms with van der Waals surface area (Å²) in [5.41, 5.74) is 1.81. The fraction of sp³-hybridized carbons (Fsp3) is 0.333. The summed E-state index contributed by atoms with van der Waals surface area (Å²) < 4.78 is 43.3. The van der Waals surface area contributed by atoms with E-state index in [1.807, 2.05) is 25.1 Å². The van der Waals surface area contributed by atoms with E-state index < -0.39 is 17.6 Å². The van der Waals surface area contributed by atoms with E-state index in [0.29, 0.717) is 10.8 Å². The average Bonchev–Trinajstić information content (AvgIpc) is 3.40. The van der Waals surface area contributed by atoms with E-state index >= 15 is 0 Å². The number of thiazole rings is 1. The summed E-state index contributed by atoms with van der Waals surface area (Å²) in [6, 6.07) is 6.92. The number of benzene rings is 1. The molecule has 0 unspecified atom stereocenters. The predicted octanol–water partition coefficient (Wildman–Crippen LogP) is 5.19. The molecular weight excluding hydrogens is 427 g/mol. The fourth-order valence-corrected chi connectivity index (χ4v) is 4.66. The van der Waals surface area contributed by atoms with E-state index in [-0.39, 0.29) is 29.2 Å². The first-order chi connectivity index (χ1) is 14.7. The van der Waals surface area contributed by atoms with Gasteiger partial charge in [-0.3, -0.25) is 4.79 Å². The monoisotopic (exact) mass is 445 g/mol. The van der Waals surface area contributed by atoms with Crippen LogP contribution in [0, 0.1) is 13.8 Å². The molecule has 1 amide bonds. The number of rotatable bonds is 4. The topological polar surface area (TPSA) is 72.7 Å². The second-order valence-corrected chi connectivity index (χ2v) is 8.88. The molecule has 1 fully saturated rings. The Morgan fingerprint density at radius 2 is 2.00 bits per heavy atom. The van der Waals surface area contributed by atoms with Gasteiger partial charge in [-0.15, -0.1) is 0 Å². The maximum absolute atomic E-state index is 13.7. The van der Waals surface area contributed by atoms with Crippen molar-refractivity contribution in [1.29, 1.82) is 0 Å². The zero-order chi connectivity index (χ0) is 21.9. The first-order valence-electron chi connectivity index (χ1n) is 9.81. The van der Waals surface area contributed by atoms with Gasteiger partial charge in [0, 0.05) is 11.6 Å². The number of alkyl halides is 3. The highest BCUT2D eigenvalue weighted by molar-refractivity contribution is 7.22. The summed E-state index contributed by atoms with van der Waals surface area (Å²) >= 11 is 1.34. The van der Waals surface area contributed by atoms with Crippen LogP contribution in [-0.2, 0) is 17.5 Å². The molecule has 1 aromatic carbocycles. The number of halogens is 3. The van der Waals surface area contributed by atoms with Gasteiger partial charge in [-0.25, -0.2) is 14.6 Å². The molecule has 160 valence electrons. The largest absolute Gasteiger partial charge is 0.417 e. The summed E-state index contributed by atoms with van der Waals surface area (Å²) in [6.45, 7) is 3.22. The first kappa shape index (κ1) is 19.9. The Morgan fingerprint density at radius 1 is 1.23 bits per heavy atom. The van der Waals surface area contributed by atoms with Gasteiger partial charge in [0.25, 0.3) is 0 Å². The normalized spacial score (nSPS) is 14.5. The van der Waals surface area contributed by atoms with Crippen molar-refractivity contribution in [3.05, 3.63) is 46.8 Å². The number of carbonyl (C=O) groups excluding carboxylic acids is 1. The summed E-state index contributed by atoms with van der Waals surface area (Å²) in [7, 11) is 0. The minimum Gasteiger partial charge on any atom is -0.300 e. The van der Waals surface area contributed by atoms with Crippen LogP contribution in [0.3, 0.4) is 0 Å². The molecule has 3 heterocycles. The molecule has 1 aliphatic carbocycles. The number of hydrogen-bond donors (Lipinski definition) is 1. The van der Waals surface area contributed by atoms with E-state index in [4.69, 9.17) is 0 Å². The zero-order valence-corrected chi connectivity index (χ0v) is 17.6. The molecule has 31 heavy (non-hydrogen) atoms. The second kappa shape index (κ2) is 7.01. The van der Waals surface area contributed by atoms with Gasteiger partial charge in [0.05, 0.1) is 26.9 Å². The molecular formula is C21H18F3N5OS. The van der Waals surface area contributed by atoms with E-state index in [2.05, 4.69) is 20.4 Å². The van der Waals surface area contributed by atoms with Crippen LogP contribution in [0.1, 0.15) is 41.3 Å². The molecule has 10 heteroatoms. The number of pyridine rings is 1. The molecule has 4 aromatic rings.